The second-order valence-corrected chi connectivity index (χ2v) is 6.87. The summed E-state index contributed by atoms with van der Waals surface area (Å²) in [6.45, 7) is 6.69. The largest absolute Gasteiger partial charge is 0.493 e. The molecule has 1 aromatic rings. The third-order valence-electron chi connectivity index (χ3n) is 5.14. The van der Waals surface area contributed by atoms with Gasteiger partial charge in [0.1, 0.15) is 5.75 Å². The van der Waals surface area contributed by atoms with Gasteiger partial charge in [0.25, 0.3) is 0 Å². The van der Waals surface area contributed by atoms with Gasteiger partial charge in [-0.3, -0.25) is 19.5 Å². The Morgan fingerprint density at radius 1 is 1.12 bits per heavy atom. The maximum atomic E-state index is 12.2. The Balaban J connectivity index is 1.25. The molecule has 0 radical (unpaired) electrons. The van der Waals surface area contributed by atoms with Gasteiger partial charge in [0.15, 0.2) is 0 Å². The minimum absolute atomic E-state index is 0.0953. The number of carbonyl (C=O) groups excluding carboxylic acids is 2. The molecule has 2 saturated heterocycles. The molecule has 3 aliphatic rings. The Morgan fingerprint density at radius 2 is 1.92 bits per heavy atom. The Morgan fingerprint density at radius 3 is 2.68 bits per heavy atom. The highest BCUT2D eigenvalue weighted by atomic mass is 16.5. The van der Waals surface area contributed by atoms with Crippen molar-refractivity contribution in [2.75, 3.05) is 52.4 Å². The number of fused-ring (bicyclic) bond motifs is 1. The summed E-state index contributed by atoms with van der Waals surface area (Å²) >= 11 is 0. The van der Waals surface area contributed by atoms with Gasteiger partial charge in [-0.2, -0.15) is 0 Å². The summed E-state index contributed by atoms with van der Waals surface area (Å²) in [5.74, 6) is 0.931. The van der Waals surface area contributed by atoms with Crippen molar-refractivity contribution in [1.29, 1.82) is 0 Å². The minimum Gasteiger partial charge on any atom is -0.493 e. The zero-order valence-corrected chi connectivity index (χ0v) is 14.4. The highest BCUT2D eigenvalue weighted by Crippen LogP contribution is 2.26. The van der Waals surface area contributed by atoms with Gasteiger partial charge in [0, 0.05) is 52.2 Å². The molecule has 1 aromatic carbocycles. The van der Waals surface area contributed by atoms with Crippen LogP contribution in [0.4, 0.5) is 4.79 Å². The molecule has 7 nitrogen and oxygen atoms in total. The second kappa shape index (κ2) is 7.01. The van der Waals surface area contributed by atoms with E-state index < -0.39 is 0 Å². The Hall–Kier alpha value is -2.12. The molecule has 0 spiro atoms. The van der Waals surface area contributed by atoms with Crippen LogP contribution in [0.3, 0.4) is 0 Å². The molecule has 3 amide bonds. The summed E-state index contributed by atoms with van der Waals surface area (Å²) in [4.78, 5) is 29.6. The van der Waals surface area contributed by atoms with Crippen LogP contribution in [0.5, 0.6) is 5.75 Å². The molecule has 25 heavy (non-hydrogen) atoms. The number of ether oxygens (including phenoxy) is 1. The van der Waals surface area contributed by atoms with Crippen LogP contribution in [0.25, 0.3) is 0 Å². The molecular weight excluding hydrogens is 320 g/mol. The summed E-state index contributed by atoms with van der Waals surface area (Å²) in [6, 6.07) is 6.22. The van der Waals surface area contributed by atoms with Crippen molar-refractivity contribution in [2.24, 2.45) is 0 Å². The van der Waals surface area contributed by atoms with Gasteiger partial charge >= 0.3 is 6.03 Å². The van der Waals surface area contributed by atoms with E-state index in [9.17, 15) is 9.59 Å². The number of benzene rings is 1. The molecule has 2 fully saturated rings. The predicted molar refractivity (Wildman–Crippen MR) is 92.5 cm³/mol. The number of amides is 3. The molecule has 0 aliphatic carbocycles. The number of imide groups is 1. The molecular formula is C18H24N4O3. The van der Waals surface area contributed by atoms with Crippen molar-refractivity contribution >= 4 is 11.9 Å². The number of nitrogens with zero attached hydrogens (tertiary/aromatic N) is 3. The summed E-state index contributed by atoms with van der Waals surface area (Å²) in [7, 11) is 0. The zero-order chi connectivity index (χ0) is 17.2. The van der Waals surface area contributed by atoms with Crippen LogP contribution in [-0.4, -0.2) is 79.1 Å². The smallest absolute Gasteiger partial charge is 0.324 e. The van der Waals surface area contributed by atoms with Crippen molar-refractivity contribution in [3.8, 4) is 5.75 Å². The molecule has 3 heterocycles. The molecule has 0 unspecified atom stereocenters. The summed E-state index contributed by atoms with van der Waals surface area (Å²) in [5.41, 5.74) is 2.63. The lowest BCUT2D eigenvalue weighted by Crippen LogP contribution is -2.50. The SMILES string of the molecule is O=C(CN1CCN(Cc2ccc3c(c2)CCO3)CC1)N1CCNC1=O. The number of nitrogens with one attached hydrogen (secondary N) is 1. The average Bonchev–Trinajstić information content (AvgIpc) is 3.25. The number of urea groups is 1. The van der Waals surface area contributed by atoms with E-state index in [1.165, 1.54) is 16.0 Å². The maximum absolute atomic E-state index is 12.2. The fourth-order valence-electron chi connectivity index (χ4n) is 3.69. The topological polar surface area (TPSA) is 65.1 Å². The van der Waals surface area contributed by atoms with Crippen LogP contribution in [0, 0.1) is 0 Å². The molecule has 0 saturated carbocycles. The highest BCUT2D eigenvalue weighted by molar-refractivity contribution is 5.96. The first-order chi connectivity index (χ1) is 12.2. The lowest BCUT2D eigenvalue weighted by atomic mass is 10.1. The van der Waals surface area contributed by atoms with Gasteiger partial charge in [0.2, 0.25) is 5.91 Å². The van der Waals surface area contributed by atoms with Gasteiger partial charge in [-0.15, -0.1) is 0 Å². The van der Waals surface area contributed by atoms with Crippen molar-refractivity contribution < 1.29 is 14.3 Å². The fourth-order valence-corrected chi connectivity index (χ4v) is 3.69. The maximum Gasteiger partial charge on any atom is 0.324 e. The normalized spacial score (nSPS) is 21.1. The highest BCUT2D eigenvalue weighted by Gasteiger charge is 2.28. The van der Waals surface area contributed by atoms with Crippen LogP contribution in [0.1, 0.15) is 11.1 Å². The summed E-state index contributed by atoms with van der Waals surface area (Å²) < 4.78 is 5.56. The number of hydrogen-bond acceptors (Lipinski definition) is 5. The molecule has 4 rings (SSSR count). The molecule has 134 valence electrons. The van der Waals surface area contributed by atoms with E-state index in [-0.39, 0.29) is 11.9 Å². The van der Waals surface area contributed by atoms with Gasteiger partial charge < -0.3 is 10.1 Å². The Kier molecular flexibility index (Phi) is 4.59. The third-order valence-corrected chi connectivity index (χ3v) is 5.14. The van der Waals surface area contributed by atoms with E-state index in [1.807, 2.05) is 0 Å². The number of carbonyl (C=O) groups is 2. The van der Waals surface area contributed by atoms with Crippen molar-refractivity contribution in [3.63, 3.8) is 0 Å². The van der Waals surface area contributed by atoms with E-state index in [0.29, 0.717) is 19.6 Å². The van der Waals surface area contributed by atoms with E-state index in [1.54, 1.807) is 0 Å². The van der Waals surface area contributed by atoms with Crippen molar-refractivity contribution in [3.05, 3.63) is 29.3 Å². The fraction of sp³-hybridized carbons (Fsp3) is 0.556. The number of piperazine rings is 1. The first-order valence-corrected chi connectivity index (χ1v) is 8.96. The van der Waals surface area contributed by atoms with Crippen LogP contribution < -0.4 is 10.1 Å². The average molecular weight is 344 g/mol. The van der Waals surface area contributed by atoms with E-state index in [2.05, 4.69) is 33.3 Å². The predicted octanol–water partition coefficient (Wildman–Crippen LogP) is 0.291. The quantitative estimate of drug-likeness (QED) is 0.851. The van der Waals surface area contributed by atoms with Crippen molar-refractivity contribution in [2.45, 2.75) is 13.0 Å². The van der Waals surface area contributed by atoms with Gasteiger partial charge in [0.05, 0.1) is 13.2 Å². The molecule has 0 aromatic heterocycles. The van der Waals surface area contributed by atoms with Crippen LogP contribution >= 0.6 is 0 Å². The number of hydrogen-bond donors (Lipinski definition) is 1. The molecule has 1 N–H and O–H groups in total. The molecule has 0 atom stereocenters. The molecule has 3 aliphatic heterocycles. The van der Waals surface area contributed by atoms with Crippen LogP contribution in [0.2, 0.25) is 0 Å². The molecule has 0 bridgehead atoms. The van der Waals surface area contributed by atoms with E-state index in [0.717, 1.165) is 51.5 Å². The lowest BCUT2D eigenvalue weighted by Gasteiger charge is -2.34. The summed E-state index contributed by atoms with van der Waals surface area (Å²) in [5, 5.41) is 2.67. The second-order valence-electron chi connectivity index (χ2n) is 6.87. The van der Waals surface area contributed by atoms with Crippen LogP contribution in [0.15, 0.2) is 18.2 Å². The van der Waals surface area contributed by atoms with Crippen LogP contribution in [-0.2, 0) is 17.8 Å². The van der Waals surface area contributed by atoms with Gasteiger partial charge in [-0.05, 0) is 17.2 Å². The monoisotopic (exact) mass is 344 g/mol. The van der Waals surface area contributed by atoms with Crippen molar-refractivity contribution in [1.82, 2.24) is 20.0 Å². The Labute approximate surface area is 147 Å². The van der Waals surface area contributed by atoms with Gasteiger partial charge in [-0.25, -0.2) is 4.79 Å². The van der Waals surface area contributed by atoms with E-state index >= 15 is 0 Å². The molecule has 7 heteroatoms. The summed E-state index contributed by atoms with van der Waals surface area (Å²) in [6.07, 6.45) is 1.00. The van der Waals surface area contributed by atoms with E-state index in [4.69, 9.17) is 4.74 Å². The third kappa shape index (κ3) is 3.62. The Bertz CT molecular complexity index is 670. The minimum atomic E-state index is -0.260. The first kappa shape index (κ1) is 16.4. The number of rotatable bonds is 4. The standard InChI is InChI=1S/C18H24N4O3/c23-17(22-5-4-19-18(22)24)13-21-8-6-20(7-9-21)12-14-1-2-16-15(11-14)3-10-25-16/h1-2,11H,3-10,12-13H2,(H,19,24). The zero-order valence-electron chi connectivity index (χ0n) is 14.4. The lowest BCUT2D eigenvalue weighted by molar-refractivity contribution is -0.129. The first-order valence-electron chi connectivity index (χ1n) is 8.96. The van der Waals surface area contributed by atoms with Gasteiger partial charge in [-0.1, -0.05) is 12.1 Å².